The van der Waals surface area contributed by atoms with Crippen molar-refractivity contribution >= 4 is 27.3 Å². The molecular weight excluding hydrogens is 527 g/mol. The Morgan fingerprint density at radius 1 is 1.08 bits per heavy atom. The van der Waals surface area contributed by atoms with Crippen molar-refractivity contribution in [2.45, 2.75) is 18.2 Å². The molecule has 0 aliphatic rings. The lowest BCUT2D eigenvalue weighted by atomic mass is 9.95. The highest BCUT2D eigenvalue weighted by atomic mass is 32.2. The Balaban J connectivity index is 1.61. The number of benzene rings is 3. The smallest absolute Gasteiger partial charge is 0.355 e. The normalized spacial score (nSPS) is 11.6. The zero-order chi connectivity index (χ0) is 27.0. The van der Waals surface area contributed by atoms with E-state index in [0.717, 1.165) is 44.7 Å². The Morgan fingerprint density at radius 2 is 1.84 bits per heavy atom. The van der Waals surface area contributed by atoms with E-state index in [2.05, 4.69) is 4.98 Å². The summed E-state index contributed by atoms with van der Waals surface area (Å²) in [6, 6.07) is 18.4. The molecule has 0 amide bonds. The lowest BCUT2D eigenvalue weighted by Crippen LogP contribution is -2.11. The third kappa shape index (κ3) is 5.25. The van der Waals surface area contributed by atoms with Crippen LogP contribution < -0.4 is 5.14 Å². The van der Waals surface area contributed by atoms with E-state index in [1.165, 1.54) is 34.3 Å². The predicted octanol–water partition coefficient (Wildman–Crippen LogP) is 5.05. The minimum Gasteiger partial charge on any atom is -0.476 e. The van der Waals surface area contributed by atoms with Crippen molar-refractivity contribution in [1.29, 1.82) is 0 Å². The highest BCUT2D eigenvalue weighted by Crippen LogP contribution is 2.32. The number of nitrogens with zero attached hydrogens (tertiary/aromatic N) is 3. The monoisotopic (exact) mass is 548 g/mol. The summed E-state index contributed by atoms with van der Waals surface area (Å²) in [4.78, 5) is 15.5. The number of aryl methyl sites for hydroxylation is 1. The number of aromatic nitrogens is 3. The van der Waals surface area contributed by atoms with Crippen LogP contribution in [-0.4, -0.2) is 34.3 Å². The first-order valence-electron chi connectivity index (χ1n) is 11.3. The molecule has 0 spiro atoms. The molecule has 0 saturated heterocycles. The molecule has 2 aromatic heterocycles. The highest BCUT2D eigenvalue weighted by molar-refractivity contribution is 7.89. The van der Waals surface area contributed by atoms with E-state index in [0.29, 0.717) is 17.2 Å². The number of thiazole rings is 1. The molecular formula is C27H21FN4O4S2. The van der Waals surface area contributed by atoms with E-state index >= 15 is 0 Å². The van der Waals surface area contributed by atoms with E-state index in [9.17, 15) is 22.7 Å². The molecule has 192 valence electrons. The quantitative estimate of drug-likeness (QED) is 0.293. The number of sulfonamides is 1. The van der Waals surface area contributed by atoms with E-state index in [4.69, 9.17) is 10.2 Å². The summed E-state index contributed by atoms with van der Waals surface area (Å²) in [5.74, 6) is -1.47. The molecule has 0 aliphatic carbocycles. The topological polar surface area (TPSA) is 128 Å². The first-order chi connectivity index (χ1) is 18.1. The summed E-state index contributed by atoms with van der Waals surface area (Å²) in [5.41, 5.74) is 5.49. The van der Waals surface area contributed by atoms with Crippen molar-refractivity contribution in [3.63, 3.8) is 0 Å². The van der Waals surface area contributed by atoms with Gasteiger partial charge in [-0.15, -0.1) is 11.3 Å². The van der Waals surface area contributed by atoms with Gasteiger partial charge in [-0.1, -0.05) is 36.4 Å². The van der Waals surface area contributed by atoms with Crippen LogP contribution in [0.15, 0.2) is 83.2 Å². The zero-order valence-electron chi connectivity index (χ0n) is 20.0. The van der Waals surface area contributed by atoms with Gasteiger partial charge in [0, 0.05) is 29.1 Å². The molecule has 3 aromatic carbocycles. The Morgan fingerprint density at radius 3 is 2.50 bits per heavy atom. The largest absolute Gasteiger partial charge is 0.476 e. The molecule has 2 heterocycles. The van der Waals surface area contributed by atoms with Crippen molar-refractivity contribution < 1.29 is 22.7 Å². The minimum absolute atomic E-state index is 0.0134. The molecule has 0 saturated carbocycles. The second-order valence-electron chi connectivity index (χ2n) is 8.67. The molecule has 5 aromatic rings. The van der Waals surface area contributed by atoms with Crippen LogP contribution in [0.2, 0.25) is 0 Å². The number of primary sulfonamides is 1. The van der Waals surface area contributed by atoms with Gasteiger partial charge in [0.25, 0.3) is 0 Å². The first-order valence-corrected chi connectivity index (χ1v) is 13.8. The van der Waals surface area contributed by atoms with E-state index in [-0.39, 0.29) is 16.4 Å². The number of aromatic carboxylic acids is 1. The number of carboxylic acid groups (broad SMARTS) is 1. The number of hydrogen-bond donors (Lipinski definition) is 2. The van der Waals surface area contributed by atoms with E-state index in [1.54, 1.807) is 24.4 Å². The molecule has 8 nitrogen and oxygen atoms in total. The molecule has 0 fully saturated rings. The summed E-state index contributed by atoms with van der Waals surface area (Å²) in [6.07, 6.45) is 2.18. The molecule has 11 heteroatoms. The maximum atomic E-state index is 14.0. The van der Waals surface area contributed by atoms with Crippen molar-refractivity contribution in [1.82, 2.24) is 14.8 Å². The fraction of sp³-hybridized carbons (Fsp3) is 0.0741. The second-order valence-corrected chi connectivity index (χ2v) is 11.1. The van der Waals surface area contributed by atoms with Crippen LogP contribution >= 0.6 is 11.3 Å². The molecule has 0 bridgehead atoms. The van der Waals surface area contributed by atoms with Crippen LogP contribution in [0.4, 0.5) is 4.39 Å². The fourth-order valence-corrected chi connectivity index (χ4v) is 5.34. The van der Waals surface area contributed by atoms with Crippen LogP contribution in [-0.2, 0) is 16.4 Å². The molecule has 38 heavy (non-hydrogen) atoms. The Kier molecular flexibility index (Phi) is 6.66. The predicted molar refractivity (Wildman–Crippen MR) is 142 cm³/mol. The fourth-order valence-electron chi connectivity index (χ4n) is 4.10. The SMILES string of the molecule is Cc1ccc(-c2nn(-c3nc(C(=O)O)cs3)cc2Cc2ccc(S(N)(=O)=O)cc2)cc1-c1cccc(F)c1. The maximum Gasteiger partial charge on any atom is 0.355 e. The summed E-state index contributed by atoms with van der Waals surface area (Å²) in [6.45, 7) is 1.94. The molecule has 3 N–H and O–H groups in total. The number of carboxylic acids is 1. The summed E-state index contributed by atoms with van der Waals surface area (Å²) < 4.78 is 38.8. The number of nitrogens with two attached hydrogens (primary N) is 1. The summed E-state index contributed by atoms with van der Waals surface area (Å²) in [5, 5.41) is 21.1. The van der Waals surface area contributed by atoms with Crippen molar-refractivity contribution in [3.8, 4) is 27.5 Å². The molecule has 0 atom stereocenters. The van der Waals surface area contributed by atoms with Gasteiger partial charge in [0.05, 0.1) is 10.6 Å². The van der Waals surface area contributed by atoms with Gasteiger partial charge in [-0.3, -0.25) is 0 Å². The van der Waals surface area contributed by atoms with Crippen molar-refractivity contribution in [3.05, 3.63) is 107 Å². The van der Waals surface area contributed by atoms with E-state index < -0.39 is 16.0 Å². The van der Waals surface area contributed by atoms with Gasteiger partial charge in [0.1, 0.15) is 5.82 Å². The number of rotatable bonds is 7. The van der Waals surface area contributed by atoms with Crippen LogP contribution in [0.5, 0.6) is 0 Å². The number of hydrogen-bond acceptors (Lipinski definition) is 6. The van der Waals surface area contributed by atoms with Gasteiger partial charge < -0.3 is 5.11 Å². The lowest BCUT2D eigenvalue weighted by Gasteiger charge is -2.10. The minimum atomic E-state index is -3.82. The van der Waals surface area contributed by atoms with Gasteiger partial charge >= 0.3 is 5.97 Å². The number of halogens is 1. The Hall–Kier alpha value is -4.19. The average Bonchev–Trinajstić information content (AvgIpc) is 3.52. The standard InChI is InChI=1S/C27H21FN4O4S2/c1-16-5-8-19(13-23(16)18-3-2-4-21(28)12-18)25-20(11-17-6-9-22(10-7-17)38(29,35)36)14-32(31-25)27-30-24(15-37-27)26(33)34/h2-10,12-15H,11H2,1H3,(H,33,34)(H2,29,35,36). The van der Waals surface area contributed by atoms with Crippen LogP contribution in [0.25, 0.3) is 27.5 Å². The van der Waals surface area contributed by atoms with Gasteiger partial charge in [0.15, 0.2) is 5.69 Å². The van der Waals surface area contributed by atoms with Crippen LogP contribution in [0.1, 0.15) is 27.2 Å². The Bertz CT molecular complexity index is 1780. The van der Waals surface area contributed by atoms with Crippen LogP contribution in [0.3, 0.4) is 0 Å². The summed E-state index contributed by atoms with van der Waals surface area (Å²) >= 11 is 1.15. The average molecular weight is 549 g/mol. The van der Waals surface area contributed by atoms with Crippen molar-refractivity contribution in [2.75, 3.05) is 0 Å². The third-order valence-electron chi connectivity index (χ3n) is 5.99. The molecule has 0 aliphatic heterocycles. The number of carbonyl (C=O) groups is 1. The zero-order valence-corrected chi connectivity index (χ0v) is 21.6. The Labute approximate surface area is 221 Å². The lowest BCUT2D eigenvalue weighted by molar-refractivity contribution is 0.0691. The molecule has 0 unspecified atom stereocenters. The maximum absolute atomic E-state index is 14.0. The third-order valence-corrected chi connectivity index (χ3v) is 7.75. The highest BCUT2D eigenvalue weighted by Gasteiger charge is 2.18. The van der Waals surface area contributed by atoms with Gasteiger partial charge in [-0.05, 0) is 59.5 Å². The van der Waals surface area contributed by atoms with Gasteiger partial charge in [0.2, 0.25) is 15.2 Å². The second kappa shape index (κ2) is 9.93. The molecule has 5 rings (SSSR count). The van der Waals surface area contributed by atoms with Gasteiger partial charge in [-0.2, -0.15) is 5.10 Å². The van der Waals surface area contributed by atoms with E-state index in [1.807, 2.05) is 31.2 Å². The molecule has 0 radical (unpaired) electrons. The first kappa shape index (κ1) is 25.5. The van der Waals surface area contributed by atoms with Crippen LogP contribution in [0, 0.1) is 12.7 Å². The summed E-state index contributed by atoms with van der Waals surface area (Å²) in [7, 11) is -3.82. The van der Waals surface area contributed by atoms with Crippen molar-refractivity contribution in [2.24, 2.45) is 5.14 Å². The van der Waals surface area contributed by atoms with Gasteiger partial charge in [-0.25, -0.2) is 32.4 Å².